The molecule has 0 heterocycles. The van der Waals surface area contributed by atoms with Gasteiger partial charge >= 0.3 is 0 Å². The highest BCUT2D eigenvalue weighted by Crippen LogP contribution is 2.18. The Morgan fingerprint density at radius 3 is 2.75 bits per heavy atom. The third kappa shape index (κ3) is 4.51. The molecule has 0 saturated heterocycles. The number of ether oxygens (including phenoxy) is 1. The van der Waals surface area contributed by atoms with E-state index in [2.05, 4.69) is 5.32 Å². The number of aliphatic hydroxyl groups is 2. The summed E-state index contributed by atoms with van der Waals surface area (Å²) in [6.07, 6.45) is -0.604. The lowest BCUT2D eigenvalue weighted by Crippen LogP contribution is -2.22. The van der Waals surface area contributed by atoms with Crippen molar-refractivity contribution in [1.82, 2.24) is 0 Å². The fraction of sp³-hybridized carbons (Fsp3) is 0.500. The van der Waals surface area contributed by atoms with Gasteiger partial charge in [0.2, 0.25) is 0 Å². The van der Waals surface area contributed by atoms with E-state index in [4.69, 9.17) is 9.84 Å². The second-order valence-corrected chi connectivity index (χ2v) is 3.91. The summed E-state index contributed by atoms with van der Waals surface area (Å²) in [4.78, 5) is 0. The summed E-state index contributed by atoms with van der Waals surface area (Å²) in [5, 5.41) is 20.9. The zero-order valence-electron chi connectivity index (χ0n) is 9.68. The molecular formula is C12H19NO3. The SMILES string of the molecule is CC(C)Oc1cccc(NCC(O)CO)c1. The van der Waals surface area contributed by atoms with Crippen LogP contribution in [0.3, 0.4) is 0 Å². The molecule has 1 rings (SSSR count). The van der Waals surface area contributed by atoms with Gasteiger partial charge in [-0.05, 0) is 26.0 Å². The first-order chi connectivity index (χ1) is 7.61. The minimum Gasteiger partial charge on any atom is -0.491 e. The van der Waals surface area contributed by atoms with Gasteiger partial charge in [0, 0.05) is 18.3 Å². The average Bonchev–Trinajstić information content (AvgIpc) is 2.25. The van der Waals surface area contributed by atoms with Crippen LogP contribution in [0.2, 0.25) is 0 Å². The third-order valence-electron chi connectivity index (χ3n) is 1.96. The fourth-order valence-electron chi connectivity index (χ4n) is 1.25. The summed E-state index contributed by atoms with van der Waals surface area (Å²) in [6, 6.07) is 7.51. The Kier molecular flexibility index (Phi) is 5.08. The van der Waals surface area contributed by atoms with Crippen molar-refractivity contribution in [2.75, 3.05) is 18.5 Å². The summed E-state index contributed by atoms with van der Waals surface area (Å²) < 4.78 is 5.54. The number of anilines is 1. The van der Waals surface area contributed by atoms with Gasteiger partial charge in [0.25, 0.3) is 0 Å². The van der Waals surface area contributed by atoms with Gasteiger partial charge in [-0.3, -0.25) is 0 Å². The quantitative estimate of drug-likeness (QED) is 0.681. The number of aliphatic hydroxyl groups excluding tert-OH is 2. The van der Waals surface area contributed by atoms with Gasteiger partial charge in [0.05, 0.1) is 18.8 Å². The Morgan fingerprint density at radius 2 is 2.12 bits per heavy atom. The molecule has 0 spiro atoms. The van der Waals surface area contributed by atoms with E-state index in [0.717, 1.165) is 11.4 Å². The molecule has 0 aliphatic heterocycles. The molecule has 1 aromatic rings. The molecule has 0 saturated carbocycles. The summed E-state index contributed by atoms with van der Waals surface area (Å²) in [7, 11) is 0. The lowest BCUT2D eigenvalue weighted by molar-refractivity contribution is 0.105. The summed E-state index contributed by atoms with van der Waals surface area (Å²) in [5.41, 5.74) is 0.866. The Balaban J connectivity index is 2.53. The van der Waals surface area contributed by atoms with Crippen molar-refractivity contribution >= 4 is 5.69 Å². The molecule has 1 atom stereocenters. The van der Waals surface area contributed by atoms with Crippen LogP contribution >= 0.6 is 0 Å². The van der Waals surface area contributed by atoms with Gasteiger partial charge in [0.15, 0.2) is 0 Å². The van der Waals surface area contributed by atoms with Crippen LogP contribution in [0.25, 0.3) is 0 Å². The van der Waals surface area contributed by atoms with Gasteiger partial charge < -0.3 is 20.3 Å². The Labute approximate surface area is 95.9 Å². The highest BCUT2D eigenvalue weighted by Gasteiger charge is 2.02. The third-order valence-corrected chi connectivity index (χ3v) is 1.96. The molecular weight excluding hydrogens is 206 g/mol. The molecule has 0 amide bonds. The molecule has 0 aliphatic carbocycles. The highest BCUT2D eigenvalue weighted by atomic mass is 16.5. The number of hydrogen-bond acceptors (Lipinski definition) is 4. The molecule has 0 aromatic heterocycles. The van der Waals surface area contributed by atoms with E-state index >= 15 is 0 Å². The largest absolute Gasteiger partial charge is 0.491 e. The van der Waals surface area contributed by atoms with E-state index in [1.807, 2.05) is 38.1 Å². The molecule has 0 radical (unpaired) electrons. The second kappa shape index (κ2) is 6.35. The van der Waals surface area contributed by atoms with Crippen molar-refractivity contribution in [2.24, 2.45) is 0 Å². The Bertz CT molecular complexity index is 315. The van der Waals surface area contributed by atoms with Crippen LogP contribution in [-0.4, -0.2) is 35.6 Å². The van der Waals surface area contributed by atoms with Crippen molar-refractivity contribution in [3.63, 3.8) is 0 Å². The molecule has 90 valence electrons. The van der Waals surface area contributed by atoms with Gasteiger partial charge in [-0.2, -0.15) is 0 Å². The zero-order chi connectivity index (χ0) is 12.0. The van der Waals surface area contributed by atoms with Crippen LogP contribution in [0.15, 0.2) is 24.3 Å². The maximum absolute atomic E-state index is 9.19. The standard InChI is InChI=1S/C12H19NO3/c1-9(2)16-12-5-3-4-10(6-12)13-7-11(15)8-14/h3-6,9,11,13-15H,7-8H2,1-2H3. The predicted molar refractivity (Wildman–Crippen MR) is 63.8 cm³/mol. The lowest BCUT2D eigenvalue weighted by atomic mass is 10.3. The minimum absolute atomic E-state index is 0.137. The molecule has 0 aliphatic rings. The molecule has 1 unspecified atom stereocenters. The topological polar surface area (TPSA) is 61.7 Å². The predicted octanol–water partition coefficient (Wildman–Crippen LogP) is 1.24. The van der Waals surface area contributed by atoms with E-state index in [1.54, 1.807) is 0 Å². The average molecular weight is 225 g/mol. The van der Waals surface area contributed by atoms with E-state index < -0.39 is 6.10 Å². The fourth-order valence-corrected chi connectivity index (χ4v) is 1.25. The van der Waals surface area contributed by atoms with Crippen molar-refractivity contribution in [2.45, 2.75) is 26.1 Å². The Morgan fingerprint density at radius 1 is 1.38 bits per heavy atom. The zero-order valence-corrected chi connectivity index (χ0v) is 9.68. The van der Waals surface area contributed by atoms with Crippen molar-refractivity contribution < 1.29 is 14.9 Å². The molecule has 4 heteroatoms. The molecule has 16 heavy (non-hydrogen) atoms. The summed E-state index contributed by atoms with van der Waals surface area (Å²) in [5.74, 6) is 0.790. The number of benzene rings is 1. The first-order valence-corrected chi connectivity index (χ1v) is 5.41. The van der Waals surface area contributed by atoms with E-state index in [9.17, 15) is 5.11 Å². The molecule has 1 aromatic carbocycles. The van der Waals surface area contributed by atoms with Crippen LogP contribution in [0.5, 0.6) is 5.75 Å². The van der Waals surface area contributed by atoms with Crippen LogP contribution in [0, 0.1) is 0 Å². The molecule has 0 fully saturated rings. The van der Waals surface area contributed by atoms with Crippen LogP contribution in [-0.2, 0) is 0 Å². The van der Waals surface area contributed by atoms with Gasteiger partial charge in [0.1, 0.15) is 5.75 Å². The summed E-state index contributed by atoms with van der Waals surface area (Å²) in [6.45, 7) is 4.02. The maximum Gasteiger partial charge on any atom is 0.121 e. The van der Waals surface area contributed by atoms with Gasteiger partial charge in [-0.25, -0.2) is 0 Å². The first-order valence-electron chi connectivity index (χ1n) is 5.41. The van der Waals surface area contributed by atoms with Crippen LogP contribution in [0.1, 0.15) is 13.8 Å². The first kappa shape index (κ1) is 12.8. The molecule has 0 bridgehead atoms. The van der Waals surface area contributed by atoms with Crippen molar-refractivity contribution in [3.8, 4) is 5.75 Å². The van der Waals surface area contributed by atoms with E-state index in [1.165, 1.54) is 0 Å². The normalized spacial score (nSPS) is 12.6. The second-order valence-electron chi connectivity index (χ2n) is 3.91. The summed E-state index contributed by atoms with van der Waals surface area (Å²) >= 11 is 0. The highest BCUT2D eigenvalue weighted by molar-refractivity contribution is 5.48. The Hall–Kier alpha value is -1.26. The lowest BCUT2D eigenvalue weighted by Gasteiger charge is -2.13. The molecule has 3 N–H and O–H groups in total. The van der Waals surface area contributed by atoms with Crippen LogP contribution < -0.4 is 10.1 Å². The number of hydrogen-bond donors (Lipinski definition) is 3. The minimum atomic E-state index is -0.741. The van der Waals surface area contributed by atoms with E-state index in [-0.39, 0.29) is 12.7 Å². The number of nitrogens with one attached hydrogen (secondary N) is 1. The van der Waals surface area contributed by atoms with Gasteiger partial charge in [-0.1, -0.05) is 6.07 Å². The van der Waals surface area contributed by atoms with Crippen molar-refractivity contribution in [1.29, 1.82) is 0 Å². The maximum atomic E-state index is 9.19. The molecule has 4 nitrogen and oxygen atoms in total. The van der Waals surface area contributed by atoms with Gasteiger partial charge in [-0.15, -0.1) is 0 Å². The van der Waals surface area contributed by atoms with Crippen LogP contribution in [0.4, 0.5) is 5.69 Å². The van der Waals surface area contributed by atoms with Crippen molar-refractivity contribution in [3.05, 3.63) is 24.3 Å². The smallest absolute Gasteiger partial charge is 0.121 e. The number of rotatable bonds is 6. The monoisotopic (exact) mass is 225 g/mol. The van der Waals surface area contributed by atoms with E-state index in [0.29, 0.717) is 6.54 Å².